The van der Waals surface area contributed by atoms with E-state index in [1.807, 2.05) is 6.07 Å². The summed E-state index contributed by atoms with van der Waals surface area (Å²) in [5.41, 5.74) is 0.840. The molecule has 0 unspecified atom stereocenters. The smallest absolute Gasteiger partial charge is 0.165 e. The van der Waals surface area contributed by atoms with Crippen LogP contribution in [0.3, 0.4) is 0 Å². The second-order valence-corrected chi connectivity index (χ2v) is 4.59. The Balaban J connectivity index is 2.61. The number of ether oxygens (including phenoxy) is 2. The molecule has 18 heavy (non-hydrogen) atoms. The van der Waals surface area contributed by atoms with Crippen LogP contribution in [0.4, 0.5) is 4.39 Å². The first-order valence-corrected chi connectivity index (χ1v) is 6.25. The summed E-state index contributed by atoms with van der Waals surface area (Å²) in [6, 6.07) is 4.98. The van der Waals surface area contributed by atoms with Crippen LogP contribution in [0.25, 0.3) is 0 Å². The summed E-state index contributed by atoms with van der Waals surface area (Å²) < 4.78 is 24.0. The van der Waals surface area contributed by atoms with Crippen LogP contribution in [-0.4, -0.2) is 26.9 Å². The van der Waals surface area contributed by atoms with Gasteiger partial charge in [-0.25, -0.2) is 4.39 Å². The van der Waals surface area contributed by atoms with E-state index in [1.54, 1.807) is 13.2 Å². The quantitative estimate of drug-likeness (QED) is 0.724. The fourth-order valence-corrected chi connectivity index (χ4v) is 1.58. The minimum Gasteiger partial charge on any atom is -0.488 e. The SMILES string of the molecule is COCCOc1c(F)cccc1CNCC(C)C. The highest BCUT2D eigenvalue weighted by Crippen LogP contribution is 2.22. The summed E-state index contributed by atoms with van der Waals surface area (Å²) in [5.74, 6) is 0.567. The molecule has 3 nitrogen and oxygen atoms in total. The molecule has 0 amide bonds. The first-order valence-electron chi connectivity index (χ1n) is 6.25. The molecular formula is C14H22FNO2. The number of hydrogen-bond donors (Lipinski definition) is 1. The molecule has 0 radical (unpaired) electrons. The third-order valence-electron chi connectivity index (χ3n) is 2.45. The van der Waals surface area contributed by atoms with E-state index >= 15 is 0 Å². The van der Waals surface area contributed by atoms with Crippen LogP contribution < -0.4 is 10.1 Å². The standard InChI is InChI=1S/C14H22FNO2/c1-11(2)9-16-10-12-5-4-6-13(15)14(12)18-8-7-17-3/h4-6,11,16H,7-10H2,1-3H3. The maximum Gasteiger partial charge on any atom is 0.165 e. The van der Waals surface area contributed by atoms with Crippen LogP contribution >= 0.6 is 0 Å². The van der Waals surface area contributed by atoms with Crippen molar-refractivity contribution in [3.8, 4) is 5.75 Å². The van der Waals surface area contributed by atoms with E-state index in [0.717, 1.165) is 12.1 Å². The monoisotopic (exact) mass is 255 g/mol. The first-order chi connectivity index (χ1) is 8.65. The van der Waals surface area contributed by atoms with Crippen molar-refractivity contribution in [2.75, 3.05) is 26.9 Å². The Kier molecular flexibility index (Phi) is 6.68. The van der Waals surface area contributed by atoms with Crippen molar-refractivity contribution < 1.29 is 13.9 Å². The fourth-order valence-electron chi connectivity index (χ4n) is 1.58. The Morgan fingerprint density at radius 3 is 2.72 bits per heavy atom. The zero-order chi connectivity index (χ0) is 13.4. The van der Waals surface area contributed by atoms with Gasteiger partial charge in [-0.3, -0.25) is 0 Å². The molecule has 0 aromatic heterocycles. The highest BCUT2D eigenvalue weighted by molar-refractivity contribution is 5.34. The third kappa shape index (κ3) is 5.02. The Hall–Kier alpha value is -1.13. The number of para-hydroxylation sites is 1. The minimum absolute atomic E-state index is 0.324. The van der Waals surface area contributed by atoms with E-state index in [-0.39, 0.29) is 5.82 Å². The molecule has 4 heteroatoms. The van der Waals surface area contributed by atoms with Gasteiger partial charge < -0.3 is 14.8 Å². The van der Waals surface area contributed by atoms with Crippen molar-refractivity contribution in [1.82, 2.24) is 5.32 Å². The summed E-state index contributed by atoms with van der Waals surface area (Å²) in [6.07, 6.45) is 0. The van der Waals surface area contributed by atoms with Crippen LogP contribution in [-0.2, 0) is 11.3 Å². The van der Waals surface area contributed by atoms with Gasteiger partial charge in [0.25, 0.3) is 0 Å². The number of halogens is 1. The van der Waals surface area contributed by atoms with E-state index in [1.165, 1.54) is 6.07 Å². The minimum atomic E-state index is -0.324. The van der Waals surface area contributed by atoms with Crippen molar-refractivity contribution in [1.29, 1.82) is 0 Å². The van der Waals surface area contributed by atoms with Crippen molar-refractivity contribution in [3.63, 3.8) is 0 Å². The second-order valence-electron chi connectivity index (χ2n) is 4.59. The highest BCUT2D eigenvalue weighted by Gasteiger charge is 2.09. The predicted octanol–water partition coefficient (Wildman–Crippen LogP) is 2.60. The molecule has 0 heterocycles. The van der Waals surface area contributed by atoms with Gasteiger partial charge >= 0.3 is 0 Å². The molecule has 0 bridgehead atoms. The maximum atomic E-state index is 13.7. The maximum absolute atomic E-state index is 13.7. The Morgan fingerprint density at radius 1 is 1.28 bits per heavy atom. The predicted molar refractivity (Wildman–Crippen MR) is 70.3 cm³/mol. The van der Waals surface area contributed by atoms with Gasteiger partial charge in [0.15, 0.2) is 11.6 Å². The first kappa shape index (κ1) is 14.9. The summed E-state index contributed by atoms with van der Waals surface area (Å²) >= 11 is 0. The zero-order valence-electron chi connectivity index (χ0n) is 11.3. The normalized spacial score (nSPS) is 10.9. The van der Waals surface area contributed by atoms with Gasteiger partial charge in [-0.05, 0) is 18.5 Å². The molecule has 1 aromatic rings. The Morgan fingerprint density at radius 2 is 2.06 bits per heavy atom. The number of benzene rings is 1. The summed E-state index contributed by atoms with van der Waals surface area (Å²) in [7, 11) is 1.59. The number of methoxy groups -OCH3 is 1. The van der Waals surface area contributed by atoms with Gasteiger partial charge in [0.05, 0.1) is 6.61 Å². The van der Waals surface area contributed by atoms with Gasteiger partial charge in [-0.2, -0.15) is 0 Å². The molecule has 0 aliphatic rings. The summed E-state index contributed by atoms with van der Waals surface area (Å²) in [5, 5.41) is 3.28. The molecule has 0 aliphatic heterocycles. The largest absolute Gasteiger partial charge is 0.488 e. The fraction of sp³-hybridized carbons (Fsp3) is 0.571. The van der Waals surface area contributed by atoms with E-state index in [4.69, 9.17) is 9.47 Å². The average Bonchev–Trinajstić information content (AvgIpc) is 2.32. The molecule has 1 N–H and O–H groups in total. The molecule has 1 rings (SSSR count). The molecule has 102 valence electrons. The van der Waals surface area contributed by atoms with E-state index < -0.39 is 0 Å². The van der Waals surface area contributed by atoms with Crippen molar-refractivity contribution in [2.24, 2.45) is 5.92 Å². The third-order valence-corrected chi connectivity index (χ3v) is 2.45. The van der Waals surface area contributed by atoms with Gasteiger partial charge in [0.1, 0.15) is 6.61 Å². The van der Waals surface area contributed by atoms with Crippen LogP contribution in [0, 0.1) is 11.7 Å². The topological polar surface area (TPSA) is 30.5 Å². The molecule has 0 saturated heterocycles. The lowest BCUT2D eigenvalue weighted by Gasteiger charge is -2.13. The van der Waals surface area contributed by atoms with Gasteiger partial charge in [0, 0.05) is 19.2 Å². The lowest BCUT2D eigenvalue weighted by molar-refractivity contribution is 0.143. The van der Waals surface area contributed by atoms with Crippen LogP contribution in [0.2, 0.25) is 0 Å². The lowest BCUT2D eigenvalue weighted by atomic mass is 10.1. The van der Waals surface area contributed by atoms with Gasteiger partial charge in [-0.15, -0.1) is 0 Å². The molecule has 0 spiro atoms. The van der Waals surface area contributed by atoms with Crippen LogP contribution in [0.15, 0.2) is 18.2 Å². The van der Waals surface area contributed by atoms with Gasteiger partial charge in [0.2, 0.25) is 0 Å². The molecule has 1 aromatic carbocycles. The second kappa shape index (κ2) is 8.06. The molecule has 0 atom stereocenters. The Labute approximate surface area is 108 Å². The van der Waals surface area contributed by atoms with E-state index in [0.29, 0.717) is 31.4 Å². The molecule has 0 fully saturated rings. The van der Waals surface area contributed by atoms with Crippen molar-refractivity contribution in [3.05, 3.63) is 29.6 Å². The Bertz CT molecular complexity index is 356. The summed E-state index contributed by atoms with van der Waals surface area (Å²) in [6.45, 7) is 6.58. The zero-order valence-corrected chi connectivity index (χ0v) is 11.3. The number of rotatable bonds is 8. The highest BCUT2D eigenvalue weighted by atomic mass is 19.1. The van der Waals surface area contributed by atoms with E-state index in [2.05, 4.69) is 19.2 Å². The van der Waals surface area contributed by atoms with Crippen LogP contribution in [0.1, 0.15) is 19.4 Å². The van der Waals surface area contributed by atoms with Gasteiger partial charge in [-0.1, -0.05) is 26.0 Å². The number of hydrogen-bond acceptors (Lipinski definition) is 3. The summed E-state index contributed by atoms with van der Waals surface area (Å²) in [4.78, 5) is 0. The average molecular weight is 255 g/mol. The van der Waals surface area contributed by atoms with Crippen LogP contribution in [0.5, 0.6) is 5.75 Å². The lowest BCUT2D eigenvalue weighted by Crippen LogP contribution is -2.20. The van der Waals surface area contributed by atoms with Crippen molar-refractivity contribution >= 4 is 0 Å². The molecule has 0 saturated carbocycles. The van der Waals surface area contributed by atoms with Crippen molar-refractivity contribution in [2.45, 2.75) is 20.4 Å². The molecule has 0 aliphatic carbocycles. The molecular weight excluding hydrogens is 233 g/mol. The number of nitrogens with one attached hydrogen (secondary N) is 1. The van der Waals surface area contributed by atoms with E-state index in [9.17, 15) is 4.39 Å².